The fraction of sp³-hybridized carbons (Fsp3) is 0.200. The second kappa shape index (κ2) is 7.20. The van der Waals surface area contributed by atoms with Crippen LogP contribution in [-0.4, -0.2) is 11.7 Å². The average molecular weight is 378 g/mol. The number of hydrogen-bond donors (Lipinski definition) is 1. The number of benzene rings is 2. The molecule has 0 aliphatic rings. The highest BCUT2D eigenvalue weighted by Gasteiger charge is 2.12. The van der Waals surface area contributed by atoms with E-state index in [1.54, 1.807) is 18.2 Å². The summed E-state index contributed by atoms with van der Waals surface area (Å²) in [5.74, 6) is 0.0580. The molecule has 2 aromatic rings. The molecule has 0 heterocycles. The third-order valence-electron chi connectivity index (χ3n) is 2.92. The lowest BCUT2D eigenvalue weighted by Crippen LogP contribution is -2.04. The lowest BCUT2D eigenvalue weighted by Gasteiger charge is -2.13. The van der Waals surface area contributed by atoms with Crippen molar-refractivity contribution in [3.05, 3.63) is 63.1 Å². The average Bonchev–Trinajstić information content (AvgIpc) is 2.42. The number of alkyl halides is 2. The van der Waals surface area contributed by atoms with E-state index in [1.165, 1.54) is 12.1 Å². The van der Waals surface area contributed by atoms with Gasteiger partial charge in [0, 0.05) is 15.9 Å². The number of rotatable bonds is 5. The standard InChI is InChI=1S/C15H12BrClF2O2/c16-11-4-1-10(13(17)8-11)7-14(20)9-2-5-12(6-3-9)21-15(18)19/h1-6,8,14-15,20H,7H2. The Hall–Kier alpha value is -1.17. The molecule has 2 nitrogen and oxygen atoms in total. The molecule has 1 unspecified atom stereocenters. The summed E-state index contributed by atoms with van der Waals surface area (Å²) in [6.45, 7) is -2.86. The van der Waals surface area contributed by atoms with Crippen LogP contribution in [0.3, 0.4) is 0 Å². The van der Waals surface area contributed by atoms with E-state index < -0.39 is 12.7 Å². The smallest absolute Gasteiger partial charge is 0.387 e. The van der Waals surface area contributed by atoms with Crippen LogP contribution in [-0.2, 0) is 6.42 Å². The van der Waals surface area contributed by atoms with E-state index in [1.807, 2.05) is 12.1 Å². The molecule has 0 bridgehead atoms. The predicted molar refractivity (Wildman–Crippen MR) is 80.9 cm³/mol. The third kappa shape index (κ3) is 4.66. The summed E-state index contributed by atoms with van der Waals surface area (Å²) in [6.07, 6.45) is -0.439. The first kappa shape index (κ1) is 16.2. The van der Waals surface area contributed by atoms with Crippen LogP contribution in [0.4, 0.5) is 8.78 Å². The van der Waals surface area contributed by atoms with Crippen LogP contribution in [0.15, 0.2) is 46.9 Å². The summed E-state index contributed by atoms with van der Waals surface area (Å²) in [4.78, 5) is 0. The molecule has 2 rings (SSSR count). The zero-order chi connectivity index (χ0) is 15.4. The van der Waals surface area contributed by atoms with Crippen LogP contribution in [0, 0.1) is 0 Å². The fourth-order valence-corrected chi connectivity index (χ4v) is 2.64. The molecule has 6 heteroatoms. The fourth-order valence-electron chi connectivity index (χ4n) is 1.88. The summed E-state index contributed by atoms with van der Waals surface area (Å²) < 4.78 is 29.2. The van der Waals surface area contributed by atoms with Gasteiger partial charge in [-0.2, -0.15) is 8.78 Å². The molecule has 0 saturated carbocycles. The molecule has 1 N–H and O–H groups in total. The minimum Gasteiger partial charge on any atom is -0.435 e. The van der Waals surface area contributed by atoms with Crippen molar-refractivity contribution < 1.29 is 18.6 Å². The molecule has 0 amide bonds. The summed E-state index contributed by atoms with van der Waals surface area (Å²) in [7, 11) is 0. The molecule has 1 atom stereocenters. The van der Waals surface area contributed by atoms with Gasteiger partial charge in [0.05, 0.1) is 6.10 Å². The van der Waals surface area contributed by atoms with Crippen LogP contribution >= 0.6 is 27.5 Å². The zero-order valence-electron chi connectivity index (χ0n) is 10.8. The van der Waals surface area contributed by atoms with Gasteiger partial charge in [-0.05, 0) is 35.4 Å². The zero-order valence-corrected chi connectivity index (χ0v) is 13.1. The number of ether oxygens (including phenoxy) is 1. The van der Waals surface area contributed by atoms with Crippen molar-refractivity contribution in [2.75, 3.05) is 0 Å². The van der Waals surface area contributed by atoms with E-state index in [2.05, 4.69) is 20.7 Å². The maximum atomic E-state index is 12.1. The minimum absolute atomic E-state index is 0.0580. The Kier molecular flexibility index (Phi) is 5.56. The van der Waals surface area contributed by atoms with Gasteiger partial charge in [0.2, 0.25) is 0 Å². The number of halogens is 4. The molecular weight excluding hydrogens is 366 g/mol. The van der Waals surface area contributed by atoms with Crippen molar-refractivity contribution in [3.8, 4) is 5.75 Å². The van der Waals surface area contributed by atoms with E-state index in [9.17, 15) is 13.9 Å². The summed E-state index contributed by atoms with van der Waals surface area (Å²) in [5, 5.41) is 10.7. The molecule has 0 aliphatic carbocycles. The second-order valence-corrected chi connectivity index (χ2v) is 5.73. The van der Waals surface area contributed by atoms with Gasteiger partial charge < -0.3 is 9.84 Å². The van der Waals surface area contributed by atoms with Gasteiger partial charge >= 0.3 is 6.61 Å². The van der Waals surface area contributed by atoms with Crippen molar-refractivity contribution in [2.45, 2.75) is 19.1 Å². The summed E-state index contributed by atoms with van der Waals surface area (Å²) in [5.41, 5.74) is 1.41. The molecule has 2 aromatic carbocycles. The van der Waals surface area contributed by atoms with Crippen molar-refractivity contribution >= 4 is 27.5 Å². The Morgan fingerprint density at radius 2 is 1.81 bits per heavy atom. The Morgan fingerprint density at radius 3 is 2.38 bits per heavy atom. The highest BCUT2D eigenvalue weighted by molar-refractivity contribution is 9.10. The Balaban J connectivity index is 2.07. The minimum atomic E-state index is -2.86. The van der Waals surface area contributed by atoms with Gasteiger partial charge in [0.25, 0.3) is 0 Å². The van der Waals surface area contributed by atoms with E-state index >= 15 is 0 Å². The Bertz CT molecular complexity index is 605. The molecule has 0 spiro atoms. The molecular formula is C15H12BrClF2O2. The molecule has 21 heavy (non-hydrogen) atoms. The van der Waals surface area contributed by atoms with Crippen molar-refractivity contribution in [3.63, 3.8) is 0 Å². The van der Waals surface area contributed by atoms with Crippen molar-refractivity contribution in [1.29, 1.82) is 0 Å². The third-order valence-corrected chi connectivity index (χ3v) is 3.76. The van der Waals surface area contributed by atoms with Gasteiger partial charge in [0.15, 0.2) is 0 Å². The van der Waals surface area contributed by atoms with E-state index in [4.69, 9.17) is 11.6 Å². The van der Waals surface area contributed by atoms with E-state index in [0.29, 0.717) is 17.0 Å². The highest BCUT2D eigenvalue weighted by atomic mass is 79.9. The van der Waals surface area contributed by atoms with Crippen molar-refractivity contribution in [2.24, 2.45) is 0 Å². The first-order valence-electron chi connectivity index (χ1n) is 6.12. The second-order valence-electron chi connectivity index (χ2n) is 4.40. The van der Waals surface area contributed by atoms with Crippen LogP contribution in [0.2, 0.25) is 5.02 Å². The first-order chi connectivity index (χ1) is 9.95. The van der Waals surface area contributed by atoms with Crippen LogP contribution < -0.4 is 4.74 Å². The quantitative estimate of drug-likeness (QED) is 0.796. The molecule has 112 valence electrons. The molecule has 0 saturated heterocycles. The predicted octanol–water partition coefficient (Wildman–Crippen LogP) is 4.98. The molecule has 0 radical (unpaired) electrons. The monoisotopic (exact) mass is 376 g/mol. The van der Waals surface area contributed by atoms with Gasteiger partial charge in [0.1, 0.15) is 5.75 Å². The first-order valence-corrected chi connectivity index (χ1v) is 7.29. The molecule has 0 fully saturated rings. The van der Waals surface area contributed by atoms with Crippen molar-refractivity contribution in [1.82, 2.24) is 0 Å². The van der Waals surface area contributed by atoms with E-state index in [0.717, 1.165) is 10.0 Å². The Labute approximate surface area is 134 Å². The largest absolute Gasteiger partial charge is 0.435 e. The lowest BCUT2D eigenvalue weighted by molar-refractivity contribution is -0.0498. The normalized spacial score (nSPS) is 12.5. The van der Waals surface area contributed by atoms with Gasteiger partial charge in [-0.3, -0.25) is 0 Å². The summed E-state index contributed by atoms with van der Waals surface area (Å²) >= 11 is 9.41. The van der Waals surface area contributed by atoms with E-state index in [-0.39, 0.29) is 5.75 Å². The SMILES string of the molecule is OC(Cc1ccc(Br)cc1Cl)c1ccc(OC(F)F)cc1. The van der Waals surface area contributed by atoms with Crippen LogP contribution in [0.1, 0.15) is 17.2 Å². The lowest BCUT2D eigenvalue weighted by atomic mass is 10.0. The molecule has 0 aliphatic heterocycles. The van der Waals surface area contributed by atoms with Gasteiger partial charge in [-0.1, -0.05) is 45.7 Å². The number of aliphatic hydroxyl groups excluding tert-OH is 1. The highest BCUT2D eigenvalue weighted by Crippen LogP contribution is 2.27. The maximum absolute atomic E-state index is 12.1. The summed E-state index contributed by atoms with van der Waals surface area (Å²) in [6, 6.07) is 11.3. The number of hydrogen-bond acceptors (Lipinski definition) is 2. The Morgan fingerprint density at radius 1 is 1.14 bits per heavy atom. The van der Waals surface area contributed by atoms with Crippen LogP contribution in [0.25, 0.3) is 0 Å². The maximum Gasteiger partial charge on any atom is 0.387 e. The van der Waals surface area contributed by atoms with Gasteiger partial charge in [-0.15, -0.1) is 0 Å². The molecule has 0 aromatic heterocycles. The van der Waals surface area contributed by atoms with Gasteiger partial charge in [-0.25, -0.2) is 0 Å². The topological polar surface area (TPSA) is 29.5 Å². The van der Waals surface area contributed by atoms with Crippen LogP contribution in [0.5, 0.6) is 5.75 Å². The number of aliphatic hydroxyl groups is 1.